The van der Waals surface area contributed by atoms with Gasteiger partial charge in [0.05, 0.1) is 0 Å². The summed E-state index contributed by atoms with van der Waals surface area (Å²) in [5, 5.41) is 20.8. The minimum Gasteiger partial charge on any atom is -0.465 e. The molecule has 0 aliphatic rings. The fourth-order valence-electron chi connectivity index (χ4n) is 1.47. The molecule has 110 valence electrons. The van der Waals surface area contributed by atoms with Crippen molar-refractivity contribution in [3.05, 3.63) is 0 Å². The van der Waals surface area contributed by atoms with Crippen LogP contribution in [-0.4, -0.2) is 41.4 Å². The lowest BCUT2D eigenvalue weighted by Gasteiger charge is -2.05. The summed E-state index contributed by atoms with van der Waals surface area (Å²) in [6.07, 6.45) is 3.40. The van der Waals surface area contributed by atoms with Gasteiger partial charge in [0.1, 0.15) is 0 Å². The summed E-state index contributed by atoms with van der Waals surface area (Å²) in [6, 6.07) is 0. The Kier molecular flexibility index (Phi) is 10.2. The Morgan fingerprint density at radius 3 is 1.84 bits per heavy atom. The number of carboxylic acid groups (broad SMARTS) is 2. The van der Waals surface area contributed by atoms with E-state index in [9.17, 15) is 9.59 Å². The molecule has 0 heterocycles. The Balaban J connectivity index is 3.78. The second-order valence-electron chi connectivity index (χ2n) is 4.00. The van der Waals surface area contributed by atoms with E-state index in [4.69, 9.17) is 15.9 Å². The zero-order valence-corrected chi connectivity index (χ0v) is 10.9. The van der Waals surface area contributed by atoms with Crippen LogP contribution in [0.2, 0.25) is 0 Å². The number of nitrogens with two attached hydrogens (primary N) is 1. The monoisotopic (exact) mass is 274 g/mol. The zero-order valence-electron chi connectivity index (χ0n) is 10.9. The normalized spacial score (nSPS) is 9.74. The summed E-state index contributed by atoms with van der Waals surface area (Å²) in [5.74, 6) is -0.261. The first kappa shape index (κ1) is 17.2. The van der Waals surface area contributed by atoms with E-state index in [1.54, 1.807) is 0 Å². The van der Waals surface area contributed by atoms with Crippen LogP contribution in [0.25, 0.3) is 0 Å². The quantitative estimate of drug-likeness (QED) is 0.257. The highest BCUT2D eigenvalue weighted by Gasteiger charge is 2.06. The van der Waals surface area contributed by atoms with Gasteiger partial charge in [-0.1, -0.05) is 25.7 Å². The van der Waals surface area contributed by atoms with E-state index in [1.807, 2.05) is 10.6 Å². The van der Waals surface area contributed by atoms with Crippen LogP contribution in [0.15, 0.2) is 4.99 Å². The number of aliphatic imine (C=N–C) groups is 1. The van der Waals surface area contributed by atoms with Gasteiger partial charge < -0.3 is 15.9 Å². The molecule has 0 aromatic rings. The number of amides is 2. The number of carbonyl (C=O) groups is 2. The van der Waals surface area contributed by atoms with E-state index in [-0.39, 0.29) is 5.96 Å². The molecule has 0 radical (unpaired) electrons. The summed E-state index contributed by atoms with van der Waals surface area (Å²) in [7, 11) is 0. The predicted molar refractivity (Wildman–Crippen MR) is 71.4 cm³/mol. The third kappa shape index (κ3) is 12.4. The van der Waals surface area contributed by atoms with Crippen molar-refractivity contribution in [1.29, 1.82) is 0 Å². The number of rotatable bonds is 8. The van der Waals surface area contributed by atoms with E-state index in [0.717, 1.165) is 45.1 Å². The number of nitrogens with zero attached hydrogens (tertiary/aromatic N) is 1. The van der Waals surface area contributed by atoms with Crippen LogP contribution in [-0.2, 0) is 0 Å². The minimum absolute atomic E-state index is 0.261. The van der Waals surface area contributed by atoms with Crippen LogP contribution in [0.3, 0.4) is 0 Å². The first-order valence-electron chi connectivity index (χ1n) is 6.30. The SMILES string of the molecule is NCCCCCCCCN=C(NC(=O)O)NC(=O)O. The van der Waals surface area contributed by atoms with Gasteiger partial charge in [0, 0.05) is 6.54 Å². The second kappa shape index (κ2) is 11.3. The lowest BCUT2D eigenvalue weighted by molar-refractivity contribution is 0.197. The van der Waals surface area contributed by atoms with Gasteiger partial charge in [0.25, 0.3) is 0 Å². The molecule has 8 heteroatoms. The van der Waals surface area contributed by atoms with Crippen molar-refractivity contribution >= 4 is 18.1 Å². The fourth-order valence-corrected chi connectivity index (χ4v) is 1.47. The number of hydrogen-bond acceptors (Lipinski definition) is 4. The summed E-state index contributed by atoms with van der Waals surface area (Å²) < 4.78 is 0. The van der Waals surface area contributed by atoms with E-state index in [0.29, 0.717) is 6.54 Å². The van der Waals surface area contributed by atoms with Crippen molar-refractivity contribution in [3.8, 4) is 0 Å². The molecular weight excluding hydrogens is 252 g/mol. The van der Waals surface area contributed by atoms with E-state index in [1.165, 1.54) is 0 Å². The first-order chi connectivity index (χ1) is 9.06. The number of guanidine groups is 1. The molecule has 6 N–H and O–H groups in total. The highest BCUT2D eigenvalue weighted by molar-refractivity contribution is 6.00. The molecule has 0 rings (SSSR count). The molecule has 8 nitrogen and oxygen atoms in total. The van der Waals surface area contributed by atoms with Gasteiger partial charge in [0.15, 0.2) is 0 Å². The summed E-state index contributed by atoms with van der Waals surface area (Å²) >= 11 is 0. The van der Waals surface area contributed by atoms with Crippen molar-refractivity contribution < 1.29 is 19.8 Å². The van der Waals surface area contributed by atoms with Gasteiger partial charge in [-0.3, -0.25) is 15.6 Å². The van der Waals surface area contributed by atoms with Crippen LogP contribution >= 0.6 is 0 Å². The number of unbranched alkanes of at least 4 members (excludes halogenated alkanes) is 5. The Hall–Kier alpha value is -1.83. The third-order valence-corrected chi connectivity index (χ3v) is 2.33. The summed E-state index contributed by atoms with van der Waals surface area (Å²) in [4.78, 5) is 24.6. The molecule has 0 atom stereocenters. The topological polar surface area (TPSA) is 137 Å². The van der Waals surface area contributed by atoms with E-state index in [2.05, 4.69) is 4.99 Å². The molecule has 0 bridgehead atoms. The maximum absolute atomic E-state index is 10.4. The molecule has 0 aliphatic heterocycles. The fraction of sp³-hybridized carbons (Fsp3) is 0.727. The number of hydrogen-bond donors (Lipinski definition) is 5. The average molecular weight is 274 g/mol. The van der Waals surface area contributed by atoms with Gasteiger partial charge in [-0.05, 0) is 19.4 Å². The predicted octanol–water partition coefficient (Wildman–Crippen LogP) is 1.18. The molecule has 0 saturated heterocycles. The lowest BCUT2D eigenvalue weighted by Crippen LogP contribution is -2.42. The largest absolute Gasteiger partial charge is 0.465 e. The smallest absolute Gasteiger partial charge is 0.411 e. The van der Waals surface area contributed by atoms with Gasteiger partial charge in [-0.2, -0.15) is 0 Å². The third-order valence-electron chi connectivity index (χ3n) is 2.33. The summed E-state index contributed by atoms with van der Waals surface area (Å²) in [6.45, 7) is 1.10. The van der Waals surface area contributed by atoms with Gasteiger partial charge in [-0.15, -0.1) is 0 Å². The van der Waals surface area contributed by atoms with Crippen LogP contribution in [0, 0.1) is 0 Å². The Bertz CT molecular complexity index is 289. The number of nitrogens with one attached hydrogen (secondary N) is 2. The Morgan fingerprint density at radius 2 is 1.37 bits per heavy atom. The van der Waals surface area contributed by atoms with Crippen LogP contribution < -0.4 is 16.4 Å². The summed E-state index contributed by atoms with van der Waals surface area (Å²) in [5.41, 5.74) is 5.38. The van der Waals surface area contributed by atoms with Gasteiger partial charge >= 0.3 is 12.2 Å². The minimum atomic E-state index is -1.35. The van der Waals surface area contributed by atoms with Crippen molar-refractivity contribution in [2.24, 2.45) is 10.7 Å². The van der Waals surface area contributed by atoms with E-state index < -0.39 is 12.2 Å². The molecule has 0 aliphatic carbocycles. The molecule has 0 fully saturated rings. The lowest BCUT2D eigenvalue weighted by atomic mass is 10.1. The maximum Gasteiger partial charge on any atom is 0.411 e. The van der Waals surface area contributed by atoms with Crippen LogP contribution in [0.5, 0.6) is 0 Å². The Morgan fingerprint density at radius 1 is 0.895 bits per heavy atom. The highest BCUT2D eigenvalue weighted by atomic mass is 16.4. The van der Waals surface area contributed by atoms with Crippen LogP contribution in [0.4, 0.5) is 9.59 Å². The molecule has 0 spiro atoms. The van der Waals surface area contributed by atoms with Gasteiger partial charge in [0.2, 0.25) is 5.96 Å². The highest BCUT2D eigenvalue weighted by Crippen LogP contribution is 2.04. The Labute approximate surface area is 112 Å². The molecular formula is C11H22N4O4. The second-order valence-corrected chi connectivity index (χ2v) is 4.00. The van der Waals surface area contributed by atoms with E-state index >= 15 is 0 Å². The van der Waals surface area contributed by atoms with Crippen LogP contribution in [0.1, 0.15) is 38.5 Å². The van der Waals surface area contributed by atoms with Crippen molar-refractivity contribution in [2.45, 2.75) is 38.5 Å². The van der Waals surface area contributed by atoms with Crippen molar-refractivity contribution in [3.63, 3.8) is 0 Å². The maximum atomic E-state index is 10.4. The standard InChI is InChI=1S/C11H22N4O4/c12-7-5-3-1-2-4-6-8-13-9(14-10(16)17)15-11(18)19/h1-8,12H2,(H,16,17)(H,18,19)(H2,13,14,15). The molecule has 19 heavy (non-hydrogen) atoms. The molecule has 0 saturated carbocycles. The molecule has 0 aromatic carbocycles. The molecule has 0 unspecified atom stereocenters. The molecule has 2 amide bonds. The first-order valence-corrected chi connectivity index (χ1v) is 6.30. The van der Waals surface area contributed by atoms with Gasteiger partial charge in [-0.25, -0.2) is 9.59 Å². The van der Waals surface area contributed by atoms with Crippen molar-refractivity contribution in [1.82, 2.24) is 10.6 Å². The molecule has 0 aromatic heterocycles. The van der Waals surface area contributed by atoms with Crippen molar-refractivity contribution in [2.75, 3.05) is 13.1 Å². The zero-order chi connectivity index (χ0) is 14.5. The average Bonchev–Trinajstić information content (AvgIpc) is 2.30.